The summed E-state index contributed by atoms with van der Waals surface area (Å²) in [4.78, 5) is 15.0. The minimum Gasteiger partial charge on any atom is -0.508 e. The third-order valence-electron chi connectivity index (χ3n) is 6.98. The van der Waals surface area contributed by atoms with E-state index in [-0.39, 0.29) is 12.1 Å². The number of nitrogens with zero attached hydrogens (tertiary/aromatic N) is 1. The summed E-state index contributed by atoms with van der Waals surface area (Å²) < 4.78 is 11.4. The second kappa shape index (κ2) is 9.31. The van der Waals surface area contributed by atoms with Crippen molar-refractivity contribution in [2.24, 2.45) is 11.8 Å². The van der Waals surface area contributed by atoms with E-state index in [0.717, 1.165) is 68.7 Å². The second-order valence-electron chi connectivity index (χ2n) is 9.30. The molecule has 2 aromatic carbocycles. The zero-order chi connectivity index (χ0) is 21.9. The van der Waals surface area contributed by atoms with Crippen molar-refractivity contribution in [2.75, 3.05) is 26.3 Å². The van der Waals surface area contributed by atoms with Crippen LogP contribution in [0.1, 0.15) is 49.3 Å². The van der Waals surface area contributed by atoms with Crippen molar-refractivity contribution >= 4 is 6.03 Å². The summed E-state index contributed by atoms with van der Waals surface area (Å²) in [5, 5.41) is 12.7. The molecule has 2 amide bonds. The highest BCUT2D eigenvalue weighted by Gasteiger charge is 2.35. The average molecular weight is 437 g/mol. The quantitative estimate of drug-likeness (QED) is 0.690. The number of nitrogens with one attached hydrogen (secondary N) is 1. The molecule has 32 heavy (non-hydrogen) atoms. The molecule has 170 valence electrons. The van der Waals surface area contributed by atoms with E-state index in [1.54, 1.807) is 12.1 Å². The lowest BCUT2D eigenvalue weighted by Gasteiger charge is -2.33. The monoisotopic (exact) mass is 436 g/mol. The first-order valence-corrected chi connectivity index (χ1v) is 11.9. The first-order valence-electron chi connectivity index (χ1n) is 11.9. The fourth-order valence-electron chi connectivity index (χ4n) is 4.84. The molecule has 1 atom stereocenters. The summed E-state index contributed by atoms with van der Waals surface area (Å²) in [6, 6.07) is 13.6. The van der Waals surface area contributed by atoms with E-state index in [4.69, 9.17) is 9.47 Å². The Morgan fingerprint density at radius 1 is 1.00 bits per heavy atom. The minimum atomic E-state index is 0.0329. The molecule has 6 nitrogen and oxygen atoms in total. The molecule has 0 spiro atoms. The van der Waals surface area contributed by atoms with E-state index in [1.807, 2.05) is 29.2 Å². The molecule has 0 aromatic heterocycles. The highest BCUT2D eigenvalue weighted by molar-refractivity contribution is 5.75. The summed E-state index contributed by atoms with van der Waals surface area (Å²) in [5.41, 5.74) is 2.36. The van der Waals surface area contributed by atoms with E-state index < -0.39 is 0 Å². The summed E-state index contributed by atoms with van der Waals surface area (Å²) in [6.07, 6.45) is 6.54. The largest absolute Gasteiger partial charge is 0.508 e. The van der Waals surface area contributed by atoms with E-state index in [0.29, 0.717) is 30.8 Å². The number of phenolic OH excluding ortho intramolecular Hbond substituents is 1. The number of likely N-dealkylation sites (tertiary alicyclic amines) is 1. The van der Waals surface area contributed by atoms with Gasteiger partial charge in [0.25, 0.3) is 0 Å². The molecule has 1 unspecified atom stereocenters. The predicted octanol–water partition coefficient (Wildman–Crippen LogP) is 4.67. The number of rotatable bonds is 6. The van der Waals surface area contributed by atoms with Crippen LogP contribution in [0.15, 0.2) is 42.5 Å². The molecule has 5 rings (SSSR count). The number of aromatic hydroxyl groups is 1. The lowest BCUT2D eigenvalue weighted by Crippen LogP contribution is -2.46. The lowest BCUT2D eigenvalue weighted by atomic mass is 9.90. The Bertz CT molecular complexity index is 933. The maximum Gasteiger partial charge on any atom is 0.317 e. The summed E-state index contributed by atoms with van der Waals surface area (Å²) in [6.45, 7) is 2.77. The first-order chi connectivity index (χ1) is 15.7. The van der Waals surface area contributed by atoms with Crippen LogP contribution in [-0.4, -0.2) is 42.3 Å². The van der Waals surface area contributed by atoms with Crippen molar-refractivity contribution in [3.63, 3.8) is 0 Å². The smallest absolute Gasteiger partial charge is 0.317 e. The SMILES string of the molecule is O=C(NC(c1ccc2c(c1)OCCO2)C1CC1)N1CCC(CCc2ccc(O)cc2)CC1. The number of ether oxygens (including phenoxy) is 2. The summed E-state index contributed by atoms with van der Waals surface area (Å²) in [5.74, 6) is 3.03. The first kappa shape index (κ1) is 21.0. The number of hydrogen-bond acceptors (Lipinski definition) is 4. The van der Waals surface area contributed by atoms with Crippen LogP contribution in [0.2, 0.25) is 0 Å². The van der Waals surface area contributed by atoms with Gasteiger partial charge in [-0.2, -0.15) is 0 Å². The summed E-state index contributed by atoms with van der Waals surface area (Å²) >= 11 is 0. The number of aryl methyl sites for hydroxylation is 1. The van der Waals surface area contributed by atoms with Crippen molar-refractivity contribution in [2.45, 2.75) is 44.6 Å². The second-order valence-corrected chi connectivity index (χ2v) is 9.30. The topological polar surface area (TPSA) is 71.0 Å². The molecule has 1 saturated heterocycles. The molecule has 1 aliphatic carbocycles. The number of benzene rings is 2. The van der Waals surface area contributed by atoms with Crippen LogP contribution in [0.3, 0.4) is 0 Å². The van der Waals surface area contributed by atoms with Gasteiger partial charge in [0.15, 0.2) is 11.5 Å². The molecule has 2 heterocycles. The van der Waals surface area contributed by atoms with E-state index >= 15 is 0 Å². The van der Waals surface area contributed by atoms with Gasteiger partial charge in [-0.05, 0) is 85.8 Å². The number of carbonyl (C=O) groups is 1. The molecular formula is C26H32N2O4. The zero-order valence-electron chi connectivity index (χ0n) is 18.5. The van der Waals surface area contributed by atoms with Gasteiger partial charge in [0.2, 0.25) is 0 Å². The Hall–Kier alpha value is -2.89. The Kier molecular flexibility index (Phi) is 6.10. The standard InChI is InChI=1S/C26H32N2O4/c29-22-8-3-18(4-9-22)1-2-19-11-13-28(14-12-19)26(30)27-25(20-5-6-20)21-7-10-23-24(17-21)32-16-15-31-23/h3-4,7-10,17,19-20,25,29H,1-2,5-6,11-16H2,(H,27,30). The van der Waals surface area contributed by atoms with Crippen LogP contribution in [0.4, 0.5) is 4.79 Å². The molecular weight excluding hydrogens is 404 g/mol. The van der Waals surface area contributed by atoms with Gasteiger partial charge in [0.1, 0.15) is 19.0 Å². The highest BCUT2D eigenvalue weighted by atomic mass is 16.6. The molecule has 0 bridgehead atoms. The molecule has 2 aliphatic heterocycles. The van der Waals surface area contributed by atoms with Crippen molar-refractivity contribution in [3.05, 3.63) is 53.6 Å². The predicted molar refractivity (Wildman–Crippen MR) is 122 cm³/mol. The van der Waals surface area contributed by atoms with Crippen LogP contribution in [-0.2, 0) is 6.42 Å². The molecule has 3 aliphatic rings. The van der Waals surface area contributed by atoms with Gasteiger partial charge in [-0.25, -0.2) is 4.79 Å². The van der Waals surface area contributed by atoms with Gasteiger partial charge in [-0.15, -0.1) is 0 Å². The third kappa shape index (κ3) is 4.95. The molecule has 2 fully saturated rings. The van der Waals surface area contributed by atoms with Crippen LogP contribution in [0.5, 0.6) is 17.2 Å². The number of phenols is 1. The normalized spacial score (nSPS) is 19.4. The number of urea groups is 1. The van der Waals surface area contributed by atoms with Crippen LogP contribution >= 0.6 is 0 Å². The Balaban J connectivity index is 1.14. The highest BCUT2D eigenvalue weighted by Crippen LogP contribution is 2.43. The van der Waals surface area contributed by atoms with Crippen LogP contribution in [0, 0.1) is 11.8 Å². The lowest BCUT2D eigenvalue weighted by molar-refractivity contribution is 0.163. The van der Waals surface area contributed by atoms with Crippen molar-refractivity contribution < 1.29 is 19.4 Å². The number of piperidine rings is 1. The molecule has 2 aromatic rings. The molecule has 1 saturated carbocycles. The van der Waals surface area contributed by atoms with E-state index in [2.05, 4.69) is 11.4 Å². The van der Waals surface area contributed by atoms with Gasteiger partial charge >= 0.3 is 6.03 Å². The number of fused-ring (bicyclic) bond motifs is 1. The Morgan fingerprint density at radius 2 is 1.72 bits per heavy atom. The van der Waals surface area contributed by atoms with E-state index in [9.17, 15) is 9.90 Å². The number of carbonyl (C=O) groups excluding carboxylic acids is 1. The van der Waals surface area contributed by atoms with Gasteiger partial charge in [0, 0.05) is 13.1 Å². The Labute approximate surface area is 189 Å². The summed E-state index contributed by atoms with van der Waals surface area (Å²) in [7, 11) is 0. The maximum atomic E-state index is 13.1. The molecule has 2 N–H and O–H groups in total. The van der Waals surface area contributed by atoms with Gasteiger partial charge in [-0.3, -0.25) is 0 Å². The van der Waals surface area contributed by atoms with E-state index in [1.165, 1.54) is 5.56 Å². The van der Waals surface area contributed by atoms with Gasteiger partial charge in [0.05, 0.1) is 6.04 Å². The zero-order valence-corrected chi connectivity index (χ0v) is 18.5. The molecule has 6 heteroatoms. The van der Waals surface area contributed by atoms with Gasteiger partial charge < -0.3 is 24.8 Å². The number of hydrogen-bond donors (Lipinski definition) is 2. The van der Waals surface area contributed by atoms with Gasteiger partial charge in [-0.1, -0.05) is 18.2 Å². The number of amides is 2. The fraction of sp³-hybridized carbons (Fsp3) is 0.500. The fourth-order valence-corrected chi connectivity index (χ4v) is 4.84. The minimum absolute atomic E-state index is 0.0329. The van der Waals surface area contributed by atoms with Crippen molar-refractivity contribution in [3.8, 4) is 17.2 Å². The average Bonchev–Trinajstić information content (AvgIpc) is 3.67. The maximum absolute atomic E-state index is 13.1. The Morgan fingerprint density at radius 3 is 2.44 bits per heavy atom. The molecule has 0 radical (unpaired) electrons. The van der Waals surface area contributed by atoms with Crippen LogP contribution < -0.4 is 14.8 Å². The van der Waals surface area contributed by atoms with Crippen LogP contribution in [0.25, 0.3) is 0 Å². The van der Waals surface area contributed by atoms with Crippen molar-refractivity contribution in [1.82, 2.24) is 10.2 Å². The third-order valence-corrected chi connectivity index (χ3v) is 6.98. The van der Waals surface area contributed by atoms with Crippen molar-refractivity contribution in [1.29, 1.82) is 0 Å².